The molecule has 10 heteroatoms. The lowest BCUT2D eigenvalue weighted by molar-refractivity contribution is 0.388. The third-order valence-corrected chi connectivity index (χ3v) is 6.19. The van der Waals surface area contributed by atoms with E-state index in [0.29, 0.717) is 31.9 Å². The van der Waals surface area contributed by atoms with E-state index >= 15 is 0 Å². The van der Waals surface area contributed by atoms with Gasteiger partial charge < -0.3 is 10.0 Å². The van der Waals surface area contributed by atoms with Crippen LogP contribution in [0.25, 0.3) is 16.6 Å². The zero-order chi connectivity index (χ0) is 20.1. The Morgan fingerprint density at radius 3 is 2.25 bits per heavy atom. The number of halogens is 2. The molecule has 0 bridgehead atoms. The van der Waals surface area contributed by atoms with Crippen molar-refractivity contribution in [2.75, 3.05) is 37.3 Å². The number of aromatic nitrogens is 2. The molecule has 2 aromatic carbocycles. The van der Waals surface area contributed by atoms with Gasteiger partial charge in [0.15, 0.2) is 17.4 Å². The molecule has 1 N–H and O–H groups in total. The molecule has 0 atom stereocenters. The number of piperazine rings is 1. The van der Waals surface area contributed by atoms with Gasteiger partial charge in [-0.3, -0.25) is 0 Å². The number of phenolic OH excluding ortho intramolecular Hbond substituents is 1. The van der Waals surface area contributed by atoms with Gasteiger partial charge in [-0.05, 0) is 30.3 Å². The highest BCUT2D eigenvalue weighted by Gasteiger charge is 2.23. The van der Waals surface area contributed by atoms with Crippen LogP contribution in [0.5, 0.6) is 5.75 Å². The van der Waals surface area contributed by atoms with E-state index in [-0.39, 0.29) is 10.9 Å². The van der Waals surface area contributed by atoms with E-state index in [1.165, 1.54) is 21.4 Å². The molecule has 3 aromatic rings. The lowest BCUT2D eigenvalue weighted by Gasteiger charge is -2.34. The van der Waals surface area contributed by atoms with E-state index in [4.69, 9.17) is 0 Å². The smallest absolute Gasteiger partial charge is 0.211 e. The first-order valence-electron chi connectivity index (χ1n) is 8.61. The SMILES string of the molecule is CS(=O)(=O)N1CCN(c2ccc(-n3ncc4cc(F)c(O)c(F)c43)cc2)CC1. The lowest BCUT2D eigenvalue weighted by atomic mass is 10.2. The van der Waals surface area contributed by atoms with Gasteiger partial charge in [-0.2, -0.15) is 9.40 Å². The Morgan fingerprint density at radius 1 is 1.04 bits per heavy atom. The number of hydrogen-bond donors (Lipinski definition) is 1. The van der Waals surface area contributed by atoms with Gasteiger partial charge in [0.1, 0.15) is 5.52 Å². The summed E-state index contributed by atoms with van der Waals surface area (Å²) in [4.78, 5) is 2.06. The van der Waals surface area contributed by atoms with E-state index in [1.54, 1.807) is 12.1 Å². The Kier molecular flexibility index (Phi) is 4.47. The first-order chi connectivity index (χ1) is 13.3. The van der Waals surface area contributed by atoms with Crippen LogP contribution in [-0.4, -0.2) is 60.0 Å². The van der Waals surface area contributed by atoms with Gasteiger partial charge in [0, 0.05) is 37.3 Å². The first-order valence-corrected chi connectivity index (χ1v) is 10.5. The van der Waals surface area contributed by atoms with Gasteiger partial charge in [0.2, 0.25) is 10.0 Å². The predicted octanol–water partition coefficient (Wildman–Crippen LogP) is 2.09. The number of nitrogens with zero attached hydrogens (tertiary/aromatic N) is 4. The Bertz CT molecular complexity index is 1140. The lowest BCUT2D eigenvalue weighted by Crippen LogP contribution is -2.48. The maximum atomic E-state index is 14.3. The van der Waals surface area contributed by atoms with Gasteiger partial charge in [0.05, 0.1) is 18.1 Å². The van der Waals surface area contributed by atoms with Gasteiger partial charge in [-0.1, -0.05) is 0 Å². The summed E-state index contributed by atoms with van der Waals surface area (Å²) < 4.78 is 53.8. The number of sulfonamides is 1. The molecule has 0 unspecified atom stereocenters. The van der Waals surface area contributed by atoms with Gasteiger partial charge in [0.25, 0.3) is 0 Å². The molecular weight excluding hydrogens is 390 g/mol. The summed E-state index contributed by atoms with van der Waals surface area (Å²) in [6, 6.07) is 8.18. The van der Waals surface area contributed by atoms with Crippen LogP contribution in [-0.2, 0) is 10.0 Å². The summed E-state index contributed by atoms with van der Waals surface area (Å²) in [6.45, 7) is 1.97. The van der Waals surface area contributed by atoms with Crippen molar-refractivity contribution in [3.8, 4) is 11.4 Å². The molecule has 0 amide bonds. The molecule has 1 saturated heterocycles. The Labute approximate surface area is 160 Å². The molecule has 1 aliphatic heterocycles. The first kappa shape index (κ1) is 18.6. The molecule has 0 saturated carbocycles. The number of aromatic hydroxyl groups is 1. The molecule has 1 aliphatic rings. The molecule has 0 spiro atoms. The minimum absolute atomic E-state index is 0.00610. The standard InChI is InChI=1S/C18H18F2N4O3S/c1-28(26,27)23-8-6-22(7-9-23)13-2-4-14(5-3-13)24-17-12(11-21-24)10-15(19)18(25)16(17)20/h2-5,10-11,25H,6-9H2,1H3. The maximum Gasteiger partial charge on any atom is 0.211 e. The fourth-order valence-electron chi connectivity index (χ4n) is 3.39. The van der Waals surface area contributed by atoms with Crippen LogP contribution in [0.1, 0.15) is 0 Å². The van der Waals surface area contributed by atoms with Gasteiger partial charge >= 0.3 is 0 Å². The van der Waals surface area contributed by atoms with Crippen molar-refractivity contribution in [2.24, 2.45) is 0 Å². The van der Waals surface area contributed by atoms with Crippen molar-refractivity contribution in [1.29, 1.82) is 0 Å². The van der Waals surface area contributed by atoms with Crippen LogP contribution in [0.15, 0.2) is 36.5 Å². The number of phenols is 1. The highest BCUT2D eigenvalue weighted by molar-refractivity contribution is 7.88. The Morgan fingerprint density at radius 2 is 1.64 bits per heavy atom. The quantitative estimate of drug-likeness (QED) is 0.718. The van der Waals surface area contributed by atoms with E-state index in [2.05, 4.69) is 10.00 Å². The third-order valence-electron chi connectivity index (χ3n) is 4.89. The molecule has 1 fully saturated rings. The minimum atomic E-state index is -3.19. The molecule has 2 heterocycles. The van der Waals surface area contributed by atoms with Crippen LogP contribution >= 0.6 is 0 Å². The van der Waals surface area contributed by atoms with Crippen molar-refractivity contribution in [2.45, 2.75) is 0 Å². The highest BCUT2D eigenvalue weighted by atomic mass is 32.2. The number of rotatable bonds is 3. The molecule has 7 nitrogen and oxygen atoms in total. The summed E-state index contributed by atoms with van der Waals surface area (Å²) in [5.41, 5.74) is 1.45. The fourth-order valence-corrected chi connectivity index (χ4v) is 4.21. The second-order valence-corrected chi connectivity index (χ2v) is 8.66. The zero-order valence-corrected chi connectivity index (χ0v) is 15.8. The second-order valence-electron chi connectivity index (χ2n) is 6.68. The monoisotopic (exact) mass is 408 g/mol. The summed E-state index contributed by atoms with van der Waals surface area (Å²) in [5.74, 6) is -3.13. The topological polar surface area (TPSA) is 78.7 Å². The number of fused-ring (bicyclic) bond motifs is 1. The molecule has 4 rings (SSSR count). The largest absolute Gasteiger partial charge is 0.503 e. The van der Waals surface area contributed by atoms with Crippen molar-refractivity contribution in [3.05, 3.63) is 48.2 Å². The van der Waals surface area contributed by atoms with Crippen LogP contribution in [0, 0.1) is 11.6 Å². The minimum Gasteiger partial charge on any atom is -0.503 e. The molecule has 148 valence electrons. The maximum absolute atomic E-state index is 14.3. The van der Waals surface area contributed by atoms with E-state index in [1.807, 2.05) is 12.1 Å². The molecular formula is C18H18F2N4O3S. The van der Waals surface area contributed by atoms with E-state index in [0.717, 1.165) is 11.8 Å². The molecule has 0 radical (unpaired) electrons. The van der Waals surface area contributed by atoms with Crippen LogP contribution in [0.3, 0.4) is 0 Å². The van der Waals surface area contributed by atoms with E-state index in [9.17, 15) is 22.3 Å². The molecule has 1 aromatic heterocycles. The van der Waals surface area contributed by atoms with Crippen molar-refractivity contribution in [1.82, 2.24) is 14.1 Å². The average Bonchev–Trinajstić information content (AvgIpc) is 3.09. The number of hydrogen-bond acceptors (Lipinski definition) is 5. The average molecular weight is 408 g/mol. The zero-order valence-electron chi connectivity index (χ0n) is 15.0. The van der Waals surface area contributed by atoms with Crippen LogP contribution in [0.4, 0.5) is 14.5 Å². The second kappa shape index (κ2) is 6.71. The summed E-state index contributed by atoms with van der Waals surface area (Å²) in [7, 11) is -3.19. The summed E-state index contributed by atoms with van der Waals surface area (Å²) in [5, 5.41) is 13.9. The van der Waals surface area contributed by atoms with Crippen molar-refractivity contribution >= 4 is 26.6 Å². The molecule has 0 aliphatic carbocycles. The van der Waals surface area contributed by atoms with Crippen LogP contribution < -0.4 is 4.90 Å². The molecule has 28 heavy (non-hydrogen) atoms. The summed E-state index contributed by atoms with van der Waals surface area (Å²) >= 11 is 0. The van der Waals surface area contributed by atoms with E-state index < -0.39 is 27.4 Å². The Balaban J connectivity index is 1.60. The normalized spacial score (nSPS) is 16.0. The van der Waals surface area contributed by atoms with Crippen molar-refractivity contribution < 1.29 is 22.3 Å². The van der Waals surface area contributed by atoms with Crippen molar-refractivity contribution in [3.63, 3.8) is 0 Å². The predicted molar refractivity (Wildman–Crippen MR) is 101 cm³/mol. The van der Waals surface area contributed by atoms with Crippen LogP contribution in [0.2, 0.25) is 0 Å². The van der Waals surface area contributed by atoms with Gasteiger partial charge in [-0.25, -0.2) is 21.9 Å². The third kappa shape index (κ3) is 3.18. The summed E-state index contributed by atoms with van der Waals surface area (Å²) in [6.07, 6.45) is 2.54. The highest BCUT2D eigenvalue weighted by Crippen LogP contribution is 2.30. The Hall–Kier alpha value is -2.72. The van der Waals surface area contributed by atoms with Gasteiger partial charge in [-0.15, -0.1) is 0 Å². The fraction of sp³-hybridized carbons (Fsp3) is 0.278. The number of anilines is 1. The number of benzene rings is 2.